The van der Waals surface area contributed by atoms with Gasteiger partial charge in [-0.2, -0.15) is 0 Å². The van der Waals surface area contributed by atoms with Crippen LogP contribution in [-0.4, -0.2) is 38.8 Å². The second kappa shape index (κ2) is 8.92. The number of para-hydroxylation sites is 1. The molecule has 0 atom stereocenters. The number of nitrogens with one attached hydrogen (secondary N) is 2. The fourth-order valence-electron chi connectivity index (χ4n) is 3.01. The minimum atomic E-state index is -0.0545. The average molecular weight is 374 g/mol. The van der Waals surface area contributed by atoms with Crippen molar-refractivity contribution in [3.8, 4) is 0 Å². The Balaban J connectivity index is 1.59. The molecule has 6 heteroatoms. The van der Waals surface area contributed by atoms with E-state index < -0.39 is 0 Å². The number of carbonyl (C=O) groups is 1. The number of rotatable bonds is 6. The van der Waals surface area contributed by atoms with Gasteiger partial charge in [-0.3, -0.25) is 4.79 Å². The Morgan fingerprint density at radius 2 is 1.92 bits per heavy atom. The number of halogens is 1. The van der Waals surface area contributed by atoms with Crippen molar-refractivity contribution in [2.75, 3.05) is 43.1 Å². The Labute approximate surface area is 159 Å². The van der Waals surface area contributed by atoms with Crippen LogP contribution in [0.3, 0.4) is 0 Å². The number of amides is 1. The number of aryl methyl sites for hydroxylation is 1. The average Bonchev–Trinajstić information content (AvgIpc) is 2.66. The van der Waals surface area contributed by atoms with Gasteiger partial charge in [-0.1, -0.05) is 41.9 Å². The predicted molar refractivity (Wildman–Crippen MR) is 106 cm³/mol. The van der Waals surface area contributed by atoms with E-state index in [4.69, 9.17) is 16.3 Å². The highest BCUT2D eigenvalue weighted by Crippen LogP contribution is 2.34. The normalized spacial score (nSPS) is 14.2. The van der Waals surface area contributed by atoms with Crippen LogP contribution in [0.5, 0.6) is 0 Å². The van der Waals surface area contributed by atoms with E-state index in [2.05, 4.69) is 15.5 Å². The summed E-state index contributed by atoms with van der Waals surface area (Å²) < 4.78 is 5.41. The Kier molecular flexibility index (Phi) is 6.36. The quantitative estimate of drug-likeness (QED) is 0.816. The molecule has 0 saturated carbocycles. The molecule has 0 bridgehead atoms. The molecule has 0 unspecified atom stereocenters. The summed E-state index contributed by atoms with van der Waals surface area (Å²) in [7, 11) is 0. The van der Waals surface area contributed by atoms with Crippen LogP contribution in [0, 0.1) is 6.92 Å². The molecule has 3 rings (SSSR count). The lowest BCUT2D eigenvalue weighted by atomic mass is 10.1. The van der Waals surface area contributed by atoms with Gasteiger partial charge in [-0.05, 0) is 30.2 Å². The number of ether oxygens (including phenoxy) is 1. The Morgan fingerprint density at radius 1 is 1.15 bits per heavy atom. The first-order valence-corrected chi connectivity index (χ1v) is 9.19. The number of hydrogen-bond acceptors (Lipinski definition) is 4. The molecule has 2 aromatic rings. The van der Waals surface area contributed by atoms with Gasteiger partial charge in [0.1, 0.15) is 0 Å². The molecule has 1 fully saturated rings. The van der Waals surface area contributed by atoms with Crippen LogP contribution >= 0.6 is 11.6 Å². The molecule has 1 heterocycles. The Morgan fingerprint density at radius 3 is 2.69 bits per heavy atom. The summed E-state index contributed by atoms with van der Waals surface area (Å²) in [5.74, 6) is -0.0545. The van der Waals surface area contributed by atoms with Crippen molar-refractivity contribution in [2.45, 2.75) is 13.5 Å². The lowest BCUT2D eigenvalue weighted by Crippen LogP contribution is -2.37. The van der Waals surface area contributed by atoms with Crippen molar-refractivity contribution in [3.05, 3.63) is 58.6 Å². The minimum Gasteiger partial charge on any atom is -0.378 e. The van der Waals surface area contributed by atoms with E-state index in [1.54, 1.807) is 0 Å². The molecule has 1 aliphatic rings. The van der Waals surface area contributed by atoms with Crippen LogP contribution in [0.2, 0.25) is 5.02 Å². The van der Waals surface area contributed by atoms with E-state index >= 15 is 0 Å². The molecular formula is C20H24ClN3O2. The third-order valence-corrected chi connectivity index (χ3v) is 4.80. The number of nitrogens with zero attached hydrogens (tertiary/aromatic N) is 1. The maximum absolute atomic E-state index is 12.2. The first-order valence-electron chi connectivity index (χ1n) is 8.81. The number of benzene rings is 2. The SMILES string of the molecule is Cc1ccccc1CNC(=O)CNc1cccc(Cl)c1N1CCOCC1. The molecule has 0 aromatic heterocycles. The van der Waals surface area contributed by atoms with Gasteiger partial charge in [0.05, 0.1) is 36.2 Å². The molecule has 138 valence electrons. The topological polar surface area (TPSA) is 53.6 Å². The van der Waals surface area contributed by atoms with Crippen LogP contribution in [0.25, 0.3) is 0 Å². The summed E-state index contributed by atoms with van der Waals surface area (Å²) in [4.78, 5) is 14.4. The molecule has 5 nitrogen and oxygen atoms in total. The van der Waals surface area contributed by atoms with Crippen molar-refractivity contribution in [2.24, 2.45) is 0 Å². The molecule has 1 amide bonds. The number of hydrogen-bond donors (Lipinski definition) is 2. The first kappa shape index (κ1) is 18.5. The highest BCUT2D eigenvalue weighted by molar-refractivity contribution is 6.34. The fourth-order valence-corrected chi connectivity index (χ4v) is 3.30. The van der Waals surface area contributed by atoms with E-state index in [-0.39, 0.29) is 12.5 Å². The molecule has 2 aromatic carbocycles. The van der Waals surface area contributed by atoms with Gasteiger partial charge in [-0.15, -0.1) is 0 Å². The standard InChI is InChI=1S/C20H24ClN3O2/c1-15-5-2-3-6-16(15)13-23-19(25)14-22-18-8-4-7-17(21)20(18)24-9-11-26-12-10-24/h2-8,22H,9-14H2,1H3,(H,23,25). The molecular weight excluding hydrogens is 350 g/mol. The molecule has 0 spiro atoms. The lowest BCUT2D eigenvalue weighted by Gasteiger charge is -2.31. The summed E-state index contributed by atoms with van der Waals surface area (Å²) in [6.45, 7) is 5.71. The van der Waals surface area contributed by atoms with E-state index in [1.165, 1.54) is 5.56 Å². The van der Waals surface area contributed by atoms with Crippen molar-refractivity contribution < 1.29 is 9.53 Å². The third-order valence-electron chi connectivity index (χ3n) is 4.49. The number of carbonyl (C=O) groups excluding carboxylic acids is 1. The van der Waals surface area contributed by atoms with E-state index in [0.717, 1.165) is 30.0 Å². The van der Waals surface area contributed by atoms with Crippen molar-refractivity contribution >= 4 is 28.9 Å². The van der Waals surface area contributed by atoms with Crippen LogP contribution in [0.1, 0.15) is 11.1 Å². The summed E-state index contributed by atoms with van der Waals surface area (Å²) in [6.07, 6.45) is 0. The van der Waals surface area contributed by atoms with Crippen LogP contribution < -0.4 is 15.5 Å². The first-order chi connectivity index (χ1) is 12.6. The Bertz CT molecular complexity index is 760. The monoisotopic (exact) mass is 373 g/mol. The van der Waals surface area contributed by atoms with E-state index in [0.29, 0.717) is 24.8 Å². The van der Waals surface area contributed by atoms with E-state index in [1.807, 2.05) is 49.4 Å². The third kappa shape index (κ3) is 4.68. The van der Waals surface area contributed by atoms with Crippen molar-refractivity contribution in [1.82, 2.24) is 5.32 Å². The van der Waals surface area contributed by atoms with Crippen LogP contribution in [-0.2, 0) is 16.1 Å². The summed E-state index contributed by atoms with van der Waals surface area (Å²) in [5, 5.41) is 6.86. The molecule has 2 N–H and O–H groups in total. The van der Waals surface area contributed by atoms with E-state index in [9.17, 15) is 4.79 Å². The summed E-state index contributed by atoms with van der Waals surface area (Å²) >= 11 is 6.41. The van der Waals surface area contributed by atoms with Gasteiger partial charge >= 0.3 is 0 Å². The minimum absolute atomic E-state index is 0.0545. The Hall–Kier alpha value is -2.24. The van der Waals surface area contributed by atoms with Gasteiger partial charge in [0.25, 0.3) is 0 Å². The van der Waals surface area contributed by atoms with Crippen molar-refractivity contribution in [3.63, 3.8) is 0 Å². The zero-order valence-electron chi connectivity index (χ0n) is 14.9. The lowest BCUT2D eigenvalue weighted by molar-refractivity contribution is -0.119. The van der Waals surface area contributed by atoms with Crippen LogP contribution in [0.4, 0.5) is 11.4 Å². The maximum Gasteiger partial charge on any atom is 0.239 e. The molecule has 1 aliphatic heterocycles. The highest BCUT2D eigenvalue weighted by Gasteiger charge is 2.18. The molecule has 1 saturated heterocycles. The smallest absolute Gasteiger partial charge is 0.239 e. The van der Waals surface area contributed by atoms with Gasteiger partial charge in [0.2, 0.25) is 5.91 Å². The fraction of sp³-hybridized carbons (Fsp3) is 0.350. The zero-order chi connectivity index (χ0) is 18.4. The van der Waals surface area contributed by atoms with Gasteiger partial charge in [0.15, 0.2) is 0 Å². The summed E-state index contributed by atoms with van der Waals surface area (Å²) in [6, 6.07) is 13.7. The highest BCUT2D eigenvalue weighted by atomic mass is 35.5. The largest absolute Gasteiger partial charge is 0.378 e. The zero-order valence-corrected chi connectivity index (χ0v) is 15.7. The van der Waals surface area contributed by atoms with Gasteiger partial charge < -0.3 is 20.3 Å². The van der Waals surface area contributed by atoms with Crippen molar-refractivity contribution in [1.29, 1.82) is 0 Å². The second-order valence-corrected chi connectivity index (χ2v) is 6.70. The summed E-state index contributed by atoms with van der Waals surface area (Å²) in [5.41, 5.74) is 4.09. The number of morpholine rings is 1. The van der Waals surface area contributed by atoms with Gasteiger partial charge in [-0.25, -0.2) is 0 Å². The maximum atomic E-state index is 12.2. The predicted octanol–water partition coefficient (Wildman–Crippen LogP) is 3.21. The number of anilines is 2. The molecule has 26 heavy (non-hydrogen) atoms. The second-order valence-electron chi connectivity index (χ2n) is 6.29. The molecule has 0 aliphatic carbocycles. The molecule has 0 radical (unpaired) electrons. The van der Waals surface area contributed by atoms with Gasteiger partial charge in [0, 0.05) is 19.6 Å². The van der Waals surface area contributed by atoms with Crippen LogP contribution in [0.15, 0.2) is 42.5 Å².